The Morgan fingerprint density at radius 2 is 2.05 bits per heavy atom. The Bertz CT molecular complexity index is 481. The predicted octanol–water partition coefficient (Wildman–Crippen LogP) is 1.53. The first kappa shape index (κ1) is 15.2. The van der Waals surface area contributed by atoms with Crippen LogP contribution in [-0.4, -0.2) is 35.2 Å². The molecule has 4 nitrogen and oxygen atoms in total. The van der Waals surface area contributed by atoms with Gasteiger partial charge < -0.3 is 16.2 Å². The van der Waals surface area contributed by atoms with Crippen LogP contribution in [0.5, 0.6) is 0 Å². The highest BCUT2D eigenvalue weighted by atomic mass is 32.2. The molecule has 4 N–H and O–H groups in total. The maximum absolute atomic E-state index is 12.4. The average Bonchev–Trinajstić information content (AvgIpc) is 3.18. The number of rotatable bonds is 6. The highest BCUT2D eigenvalue weighted by molar-refractivity contribution is 7.98. The van der Waals surface area contributed by atoms with Crippen LogP contribution in [0.25, 0.3) is 0 Å². The molecule has 0 aliphatic heterocycles. The number of nitrogens with one attached hydrogen (secondary N) is 1. The summed E-state index contributed by atoms with van der Waals surface area (Å²) in [7, 11) is 0. The van der Waals surface area contributed by atoms with Crippen molar-refractivity contribution in [3.05, 3.63) is 29.8 Å². The summed E-state index contributed by atoms with van der Waals surface area (Å²) in [6.45, 7) is 2.02. The third kappa shape index (κ3) is 3.27. The molecule has 1 saturated carbocycles. The molecule has 0 spiro atoms. The van der Waals surface area contributed by atoms with Crippen LogP contribution in [0.4, 0.5) is 5.69 Å². The number of amides is 1. The number of carbonyl (C=O) groups is 1. The van der Waals surface area contributed by atoms with E-state index in [0.717, 1.165) is 18.4 Å². The van der Waals surface area contributed by atoms with E-state index >= 15 is 0 Å². The fourth-order valence-corrected chi connectivity index (χ4v) is 3.10. The SMILES string of the molecule is CSCC(C)(O)CNC(=O)C1(c2ccc(N)cc2)CC1. The Labute approximate surface area is 124 Å². The first-order valence-corrected chi connectivity index (χ1v) is 8.15. The van der Waals surface area contributed by atoms with E-state index in [1.165, 1.54) is 0 Å². The largest absolute Gasteiger partial charge is 0.399 e. The van der Waals surface area contributed by atoms with Crippen LogP contribution < -0.4 is 11.1 Å². The lowest BCUT2D eigenvalue weighted by molar-refractivity contribution is -0.124. The van der Waals surface area contributed by atoms with Gasteiger partial charge in [0, 0.05) is 18.0 Å². The van der Waals surface area contributed by atoms with E-state index in [2.05, 4.69) is 5.32 Å². The topological polar surface area (TPSA) is 75.3 Å². The predicted molar refractivity (Wildman–Crippen MR) is 83.8 cm³/mol. The normalized spacial score (nSPS) is 19.1. The summed E-state index contributed by atoms with van der Waals surface area (Å²) >= 11 is 1.57. The van der Waals surface area contributed by atoms with Gasteiger partial charge in [0.2, 0.25) is 5.91 Å². The lowest BCUT2D eigenvalue weighted by Crippen LogP contribution is -2.45. The molecule has 20 heavy (non-hydrogen) atoms. The Kier molecular flexibility index (Phi) is 4.30. The van der Waals surface area contributed by atoms with E-state index in [1.54, 1.807) is 18.7 Å². The number of aliphatic hydroxyl groups is 1. The Morgan fingerprint density at radius 3 is 2.55 bits per heavy atom. The molecule has 2 rings (SSSR count). The van der Waals surface area contributed by atoms with Crippen molar-refractivity contribution < 1.29 is 9.90 Å². The number of anilines is 1. The van der Waals surface area contributed by atoms with Crippen molar-refractivity contribution in [2.75, 3.05) is 24.3 Å². The second-order valence-electron chi connectivity index (χ2n) is 5.82. The number of nitrogen functional groups attached to an aromatic ring is 1. The van der Waals surface area contributed by atoms with Crippen molar-refractivity contribution in [1.29, 1.82) is 0 Å². The van der Waals surface area contributed by atoms with Gasteiger partial charge in [-0.25, -0.2) is 0 Å². The smallest absolute Gasteiger partial charge is 0.230 e. The zero-order valence-electron chi connectivity index (χ0n) is 12.0. The van der Waals surface area contributed by atoms with E-state index in [-0.39, 0.29) is 12.5 Å². The van der Waals surface area contributed by atoms with Crippen molar-refractivity contribution >= 4 is 23.4 Å². The lowest BCUT2D eigenvalue weighted by Gasteiger charge is -2.24. The Hall–Kier alpha value is -1.20. The molecular formula is C15H22N2O2S. The van der Waals surface area contributed by atoms with Crippen LogP contribution in [0.15, 0.2) is 24.3 Å². The Morgan fingerprint density at radius 1 is 1.45 bits per heavy atom. The van der Waals surface area contributed by atoms with Gasteiger partial charge in [-0.3, -0.25) is 4.79 Å². The molecule has 0 saturated heterocycles. The minimum Gasteiger partial charge on any atom is -0.399 e. The van der Waals surface area contributed by atoms with Gasteiger partial charge in [-0.05, 0) is 43.7 Å². The van der Waals surface area contributed by atoms with Crippen LogP contribution >= 0.6 is 11.8 Å². The van der Waals surface area contributed by atoms with Crippen molar-refractivity contribution in [2.24, 2.45) is 0 Å². The summed E-state index contributed by atoms with van der Waals surface area (Å²) in [6.07, 6.45) is 3.65. The van der Waals surface area contributed by atoms with Crippen LogP contribution in [0.3, 0.4) is 0 Å². The Balaban J connectivity index is 2.00. The summed E-state index contributed by atoms with van der Waals surface area (Å²) in [4.78, 5) is 12.4. The van der Waals surface area contributed by atoms with Crippen LogP contribution in [-0.2, 0) is 10.2 Å². The molecule has 110 valence electrons. The van der Waals surface area contributed by atoms with Gasteiger partial charge in [0.15, 0.2) is 0 Å². The number of benzene rings is 1. The van der Waals surface area contributed by atoms with Gasteiger partial charge in [-0.15, -0.1) is 0 Å². The molecule has 1 aliphatic carbocycles. The second kappa shape index (κ2) is 5.66. The highest BCUT2D eigenvalue weighted by Crippen LogP contribution is 2.48. The van der Waals surface area contributed by atoms with Crippen LogP contribution in [0.1, 0.15) is 25.3 Å². The quantitative estimate of drug-likeness (QED) is 0.696. The molecule has 0 radical (unpaired) electrons. The van der Waals surface area contributed by atoms with Gasteiger partial charge in [0.25, 0.3) is 0 Å². The van der Waals surface area contributed by atoms with E-state index in [4.69, 9.17) is 5.73 Å². The highest BCUT2D eigenvalue weighted by Gasteiger charge is 2.51. The first-order chi connectivity index (χ1) is 9.39. The molecule has 0 heterocycles. The van der Waals surface area contributed by atoms with Gasteiger partial charge in [0.1, 0.15) is 0 Å². The van der Waals surface area contributed by atoms with Gasteiger partial charge in [-0.1, -0.05) is 12.1 Å². The van der Waals surface area contributed by atoms with E-state index in [9.17, 15) is 9.90 Å². The lowest BCUT2D eigenvalue weighted by atomic mass is 9.94. The summed E-state index contributed by atoms with van der Waals surface area (Å²) in [5, 5.41) is 13.0. The van der Waals surface area contributed by atoms with Crippen molar-refractivity contribution in [3.8, 4) is 0 Å². The van der Waals surface area contributed by atoms with E-state index in [1.807, 2.05) is 30.5 Å². The summed E-state index contributed by atoms with van der Waals surface area (Å²) in [5.41, 5.74) is 6.11. The summed E-state index contributed by atoms with van der Waals surface area (Å²) in [6, 6.07) is 7.49. The number of carbonyl (C=O) groups excluding carboxylic acids is 1. The molecule has 1 unspecified atom stereocenters. The molecule has 1 amide bonds. The van der Waals surface area contributed by atoms with Crippen LogP contribution in [0, 0.1) is 0 Å². The first-order valence-electron chi connectivity index (χ1n) is 6.75. The van der Waals surface area contributed by atoms with Gasteiger partial charge in [0.05, 0.1) is 11.0 Å². The molecular weight excluding hydrogens is 272 g/mol. The van der Waals surface area contributed by atoms with E-state index in [0.29, 0.717) is 11.4 Å². The number of thioether (sulfide) groups is 1. The second-order valence-corrected chi connectivity index (χ2v) is 6.68. The molecule has 1 aliphatic rings. The molecule has 0 bridgehead atoms. The van der Waals surface area contributed by atoms with Crippen molar-refractivity contribution in [2.45, 2.75) is 30.8 Å². The monoisotopic (exact) mass is 294 g/mol. The van der Waals surface area contributed by atoms with E-state index < -0.39 is 11.0 Å². The minimum atomic E-state index is -0.869. The number of hydrogen-bond donors (Lipinski definition) is 3. The minimum absolute atomic E-state index is 0.00338. The average molecular weight is 294 g/mol. The zero-order valence-corrected chi connectivity index (χ0v) is 12.8. The van der Waals surface area contributed by atoms with Crippen molar-refractivity contribution in [1.82, 2.24) is 5.32 Å². The fraction of sp³-hybridized carbons (Fsp3) is 0.533. The molecule has 5 heteroatoms. The standard InChI is InChI=1S/C15H22N2O2S/c1-14(19,10-20-2)9-17-13(18)15(7-8-15)11-3-5-12(16)6-4-11/h3-6,19H,7-10,16H2,1-2H3,(H,17,18). The van der Waals surface area contributed by atoms with Crippen LogP contribution in [0.2, 0.25) is 0 Å². The summed E-state index contributed by atoms with van der Waals surface area (Å²) < 4.78 is 0. The molecule has 1 aromatic carbocycles. The number of nitrogens with two attached hydrogens (primary N) is 1. The maximum Gasteiger partial charge on any atom is 0.230 e. The zero-order chi connectivity index (χ0) is 14.8. The third-order valence-corrected chi connectivity index (χ3v) is 4.64. The molecule has 1 atom stereocenters. The fourth-order valence-electron chi connectivity index (χ4n) is 2.38. The number of hydrogen-bond acceptors (Lipinski definition) is 4. The molecule has 1 aromatic rings. The molecule has 0 aromatic heterocycles. The van der Waals surface area contributed by atoms with Crippen molar-refractivity contribution in [3.63, 3.8) is 0 Å². The summed E-state index contributed by atoms with van der Waals surface area (Å²) in [5.74, 6) is 0.603. The maximum atomic E-state index is 12.4. The third-order valence-electron chi connectivity index (χ3n) is 3.73. The van der Waals surface area contributed by atoms with Gasteiger partial charge >= 0.3 is 0 Å². The van der Waals surface area contributed by atoms with Gasteiger partial charge in [-0.2, -0.15) is 11.8 Å². The molecule has 1 fully saturated rings.